The molecule has 2 N–H and O–H groups in total. The van der Waals surface area contributed by atoms with Gasteiger partial charge in [-0.05, 0) is 24.6 Å². The Labute approximate surface area is 167 Å². The van der Waals surface area contributed by atoms with Crippen LogP contribution in [0.3, 0.4) is 0 Å². The van der Waals surface area contributed by atoms with Crippen LogP contribution in [-0.2, 0) is 0 Å². The van der Waals surface area contributed by atoms with Gasteiger partial charge in [-0.25, -0.2) is 4.98 Å². The molecular formula is C22H21N3O4. The van der Waals surface area contributed by atoms with Gasteiger partial charge >= 0.3 is 0 Å². The van der Waals surface area contributed by atoms with Crippen LogP contribution < -0.4 is 14.2 Å². The van der Waals surface area contributed by atoms with Gasteiger partial charge in [0.25, 0.3) is 0 Å². The van der Waals surface area contributed by atoms with E-state index in [-0.39, 0.29) is 5.78 Å². The minimum Gasteiger partial charge on any atom is -0.493 e. The number of ketones is 1. The lowest BCUT2D eigenvalue weighted by Gasteiger charge is -2.13. The predicted octanol–water partition coefficient (Wildman–Crippen LogP) is 4.12. The number of ether oxygens (including phenoxy) is 3. The molecule has 0 aliphatic rings. The van der Waals surface area contributed by atoms with Crippen molar-refractivity contribution in [3.8, 4) is 28.6 Å². The molecule has 0 unspecified atom stereocenters. The van der Waals surface area contributed by atoms with E-state index in [9.17, 15) is 4.79 Å². The predicted molar refractivity (Wildman–Crippen MR) is 110 cm³/mol. The Morgan fingerprint density at radius 2 is 1.76 bits per heavy atom. The lowest BCUT2D eigenvalue weighted by molar-refractivity contribution is 0.103. The number of aromatic amines is 2. The molecule has 7 heteroatoms. The van der Waals surface area contributed by atoms with E-state index >= 15 is 0 Å². The third-order valence-electron chi connectivity index (χ3n) is 4.93. The van der Waals surface area contributed by atoms with Crippen molar-refractivity contribution >= 4 is 16.7 Å². The molecule has 4 rings (SSSR count). The zero-order chi connectivity index (χ0) is 20.5. The molecule has 7 nitrogen and oxygen atoms in total. The summed E-state index contributed by atoms with van der Waals surface area (Å²) in [5.41, 5.74) is 3.89. The molecule has 0 atom stereocenters. The van der Waals surface area contributed by atoms with Crippen molar-refractivity contribution in [2.75, 3.05) is 21.3 Å². The lowest BCUT2D eigenvalue weighted by atomic mass is 10.1. The normalized spacial score (nSPS) is 10.9. The number of nitrogens with one attached hydrogen (secondary N) is 2. The lowest BCUT2D eigenvalue weighted by Crippen LogP contribution is -2.04. The minimum absolute atomic E-state index is 0.223. The van der Waals surface area contributed by atoms with Crippen LogP contribution >= 0.6 is 0 Å². The van der Waals surface area contributed by atoms with Gasteiger partial charge in [-0.3, -0.25) is 4.79 Å². The Hall–Kier alpha value is -3.74. The molecule has 0 bridgehead atoms. The van der Waals surface area contributed by atoms with Gasteiger partial charge in [0.15, 0.2) is 11.5 Å². The van der Waals surface area contributed by atoms with E-state index in [1.165, 1.54) is 27.5 Å². The number of carbonyl (C=O) groups excluding carboxylic acids is 1. The van der Waals surface area contributed by atoms with E-state index in [4.69, 9.17) is 14.2 Å². The third-order valence-corrected chi connectivity index (χ3v) is 4.93. The SMILES string of the molecule is COc1cc(C(=O)c2cnc(-c3c[nH]c4c(C)cccc34)[nH]2)cc(OC)c1OC. The summed E-state index contributed by atoms with van der Waals surface area (Å²) in [6.07, 6.45) is 3.43. The quantitative estimate of drug-likeness (QED) is 0.483. The van der Waals surface area contributed by atoms with Crippen LogP contribution in [0.5, 0.6) is 17.2 Å². The first-order valence-corrected chi connectivity index (χ1v) is 9.04. The monoisotopic (exact) mass is 391 g/mol. The van der Waals surface area contributed by atoms with E-state index in [2.05, 4.69) is 15.0 Å². The zero-order valence-electron chi connectivity index (χ0n) is 16.6. The van der Waals surface area contributed by atoms with E-state index in [0.717, 1.165) is 22.0 Å². The van der Waals surface area contributed by atoms with Crippen LogP contribution in [-0.4, -0.2) is 42.1 Å². The summed E-state index contributed by atoms with van der Waals surface area (Å²) in [5, 5.41) is 1.05. The van der Waals surface area contributed by atoms with Crippen LogP contribution in [0.4, 0.5) is 0 Å². The highest BCUT2D eigenvalue weighted by molar-refractivity contribution is 6.09. The molecule has 0 aliphatic heterocycles. The molecule has 0 spiro atoms. The van der Waals surface area contributed by atoms with Crippen molar-refractivity contribution in [1.82, 2.24) is 15.0 Å². The Balaban J connectivity index is 1.73. The molecule has 0 saturated heterocycles. The summed E-state index contributed by atoms with van der Waals surface area (Å²) >= 11 is 0. The number of hydrogen-bond donors (Lipinski definition) is 2. The molecule has 2 aromatic carbocycles. The summed E-state index contributed by atoms with van der Waals surface area (Å²) in [5.74, 6) is 1.67. The van der Waals surface area contributed by atoms with Crippen molar-refractivity contribution in [2.24, 2.45) is 0 Å². The zero-order valence-corrected chi connectivity index (χ0v) is 16.6. The van der Waals surface area contributed by atoms with Crippen LogP contribution in [0, 0.1) is 6.92 Å². The first kappa shape index (κ1) is 18.6. The Morgan fingerprint density at radius 1 is 1.03 bits per heavy atom. The smallest absolute Gasteiger partial charge is 0.211 e. The van der Waals surface area contributed by atoms with Crippen LogP contribution in [0.25, 0.3) is 22.3 Å². The number of carbonyl (C=O) groups is 1. The van der Waals surface area contributed by atoms with Gasteiger partial charge < -0.3 is 24.2 Å². The number of imidazole rings is 1. The number of aromatic nitrogens is 3. The van der Waals surface area contributed by atoms with Crippen molar-refractivity contribution in [3.05, 3.63) is 59.5 Å². The number of fused-ring (bicyclic) bond motifs is 1. The van der Waals surface area contributed by atoms with Crippen LogP contribution in [0.15, 0.2) is 42.7 Å². The fourth-order valence-electron chi connectivity index (χ4n) is 3.44. The van der Waals surface area contributed by atoms with E-state index in [0.29, 0.717) is 34.3 Å². The average Bonchev–Trinajstić information content (AvgIpc) is 3.39. The summed E-state index contributed by atoms with van der Waals surface area (Å²) in [6, 6.07) is 9.32. The molecule has 0 amide bonds. The fraction of sp³-hybridized carbons (Fsp3) is 0.182. The molecule has 2 aromatic heterocycles. The molecule has 0 aliphatic carbocycles. The third kappa shape index (κ3) is 3.10. The van der Waals surface area contributed by atoms with Gasteiger partial charge in [-0.15, -0.1) is 0 Å². The van der Waals surface area contributed by atoms with Gasteiger partial charge in [0, 0.05) is 28.2 Å². The van der Waals surface area contributed by atoms with Gasteiger partial charge in [0.2, 0.25) is 11.5 Å². The van der Waals surface area contributed by atoms with Crippen LogP contribution in [0.1, 0.15) is 21.6 Å². The first-order chi connectivity index (χ1) is 14.1. The summed E-state index contributed by atoms with van der Waals surface area (Å²) in [4.78, 5) is 23.9. The molecule has 0 fully saturated rings. The highest BCUT2D eigenvalue weighted by Crippen LogP contribution is 2.38. The maximum absolute atomic E-state index is 13.1. The molecule has 4 aromatic rings. The highest BCUT2D eigenvalue weighted by atomic mass is 16.5. The number of methoxy groups -OCH3 is 3. The maximum atomic E-state index is 13.1. The number of H-pyrrole nitrogens is 2. The molecule has 2 heterocycles. The summed E-state index contributed by atoms with van der Waals surface area (Å²) < 4.78 is 16.0. The van der Waals surface area contributed by atoms with Gasteiger partial charge in [-0.1, -0.05) is 18.2 Å². The summed E-state index contributed by atoms with van der Waals surface area (Å²) in [6.45, 7) is 2.05. The van der Waals surface area contributed by atoms with Crippen molar-refractivity contribution < 1.29 is 19.0 Å². The van der Waals surface area contributed by atoms with E-state index in [1.54, 1.807) is 12.1 Å². The van der Waals surface area contributed by atoms with E-state index in [1.807, 2.05) is 31.3 Å². The number of benzene rings is 2. The minimum atomic E-state index is -0.223. The fourth-order valence-corrected chi connectivity index (χ4v) is 3.44. The number of rotatable bonds is 6. The second kappa shape index (κ2) is 7.35. The van der Waals surface area contributed by atoms with Gasteiger partial charge in [-0.2, -0.15) is 0 Å². The largest absolute Gasteiger partial charge is 0.493 e. The highest BCUT2D eigenvalue weighted by Gasteiger charge is 2.20. The number of nitrogens with zero attached hydrogens (tertiary/aromatic N) is 1. The molecule has 148 valence electrons. The van der Waals surface area contributed by atoms with Gasteiger partial charge in [0.1, 0.15) is 11.5 Å². The molecule has 29 heavy (non-hydrogen) atoms. The second-order valence-electron chi connectivity index (χ2n) is 6.59. The maximum Gasteiger partial charge on any atom is 0.211 e. The molecular weight excluding hydrogens is 370 g/mol. The summed E-state index contributed by atoms with van der Waals surface area (Å²) in [7, 11) is 4.55. The van der Waals surface area contributed by atoms with Crippen molar-refractivity contribution in [2.45, 2.75) is 6.92 Å². The first-order valence-electron chi connectivity index (χ1n) is 9.04. The standard InChI is InChI=1S/C22H21N3O4/c1-12-6-5-7-14-15(10-23-19(12)14)22-24-11-16(25-22)20(26)13-8-17(27-2)21(29-4)18(9-13)28-3/h5-11,23H,1-4H3,(H,24,25). The van der Waals surface area contributed by atoms with Gasteiger partial charge in [0.05, 0.1) is 27.5 Å². The Morgan fingerprint density at radius 3 is 2.41 bits per heavy atom. The topological polar surface area (TPSA) is 89.2 Å². The molecule has 0 saturated carbocycles. The Bertz CT molecular complexity index is 1180. The van der Waals surface area contributed by atoms with E-state index < -0.39 is 0 Å². The van der Waals surface area contributed by atoms with Crippen molar-refractivity contribution in [1.29, 1.82) is 0 Å². The number of aryl methyl sites for hydroxylation is 1. The number of para-hydroxylation sites is 1. The van der Waals surface area contributed by atoms with Crippen LogP contribution in [0.2, 0.25) is 0 Å². The number of hydrogen-bond acceptors (Lipinski definition) is 5. The average molecular weight is 391 g/mol. The molecule has 0 radical (unpaired) electrons. The second-order valence-corrected chi connectivity index (χ2v) is 6.59. The Kier molecular flexibility index (Phi) is 4.72. The van der Waals surface area contributed by atoms with Crippen molar-refractivity contribution in [3.63, 3.8) is 0 Å².